The van der Waals surface area contributed by atoms with E-state index in [1.165, 1.54) is 12.1 Å². The average molecular weight is 362 g/mol. The molecule has 0 aliphatic heterocycles. The summed E-state index contributed by atoms with van der Waals surface area (Å²) in [6, 6.07) is 5.67. The van der Waals surface area contributed by atoms with Crippen molar-refractivity contribution < 1.29 is 14.7 Å². The molecule has 130 valence electrons. The SMILES string of the molecule is CSCCC(N)C(=O)NCCCNC(=O)c1cccc(O)c1.Cl. The van der Waals surface area contributed by atoms with Gasteiger partial charge in [-0.1, -0.05) is 6.07 Å². The van der Waals surface area contributed by atoms with Crippen molar-refractivity contribution in [3.8, 4) is 5.75 Å². The van der Waals surface area contributed by atoms with Gasteiger partial charge in [-0.05, 0) is 43.0 Å². The Morgan fingerprint density at radius 2 is 2.00 bits per heavy atom. The molecule has 0 saturated carbocycles. The standard InChI is InChI=1S/C15H23N3O3S.ClH/c1-22-9-6-13(16)15(21)18-8-3-7-17-14(20)11-4-2-5-12(19)10-11;/h2,4-5,10,13,19H,3,6-9,16H2,1H3,(H,17,20)(H,18,21);1H. The molecule has 0 bridgehead atoms. The van der Waals surface area contributed by atoms with Crippen LogP contribution >= 0.6 is 24.2 Å². The molecule has 5 N–H and O–H groups in total. The Kier molecular flexibility index (Phi) is 11.3. The van der Waals surface area contributed by atoms with Crippen molar-refractivity contribution in [3.05, 3.63) is 29.8 Å². The molecule has 8 heteroatoms. The van der Waals surface area contributed by atoms with E-state index >= 15 is 0 Å². The van der Waals surface area contributed by atoms with Crippen LogP contribution in [0.3, 0.4) is 0 Å². The third-order valence-corrected chi connectivity index (χ3v) is 3.66. The summed E-state index contributed by atoms with van der Waals surface area (Å²) in [5.74, 6) is 0.501. The van der Waals surface area contributed by atoms with E-state index < -0.39 is 6.04 Å². The zero-order valence-corrected chi connectivity index (χ0v) is 14.7. The molecule has 1 rings (SSSR count). The van der Waals surface area contributed by atoms with E-state index in [4.69, 9.17) is 5.73 Å². The van der Waals surface area contributed by atoms with Crippen LogP contribution in [0.2, 0.25) is 0 Å². The fourth-order valence-corrected chi connectivity index (χ4v) is 2.25. The molecule has 1 aromatic rings. The van der Waals surface area contributed by atoms with Gasteiger partial charge >= 0.3 is 0 Å². The molecule has 0 aromatic heterocycles. The van der Waals surface area contributed by atoms with Gasteiger partial charge in [-0.3, -0.25) is 9.59 Å². The molecule has 0 aliphatic carbocycles. The molecule has 23 heavy (non-hydrogen) atoms. The Labute approximate surface area is 147 Å². The number of phenolic OH excluding ortho intramolecular Hbond substituents is 1. The summed E-state index contributed by atoms with van der Waals surface area (Å²) < 4.78 is 0. The number of aromatic hydroxyl groups is 1. The van der Waals surface area contributed by atoms with Gasteiger partial charge in [0.05, 0.1) is 6.04 Å². The third kappa shape index (κ3) is 8.68. The van der Waals surface area contributed by atoms with E-state index in [-0.39, 0.29) is 30.0 Å². The van der Waals surface area contributed by atoms with E-state index in [1.807, 2.05) is 6.26 Å². The van der Waals surface area contributed by atoms with E-state index in [0.29, 0.717) is 31.5 Å². The number of carbonyl (C=O) groups excluding carboxylic acids is 2. The summed E-state index contributed by atoms with van der Waals surface area (Å²) in [5, 5.41) is 14.8. The quantitative estimate of drug-likeness (QED) is 0.493. The van der Waals surface area contributed by atoms with Gasteiger partial charge in [-0.2, -0.15) is 11.8 Å². The maximum absolute atomic E-state index is 11.8. The third-order valence-electron chi connectivity index (χ3n) is 3.02. The predicted molar refractivity (Wildman–Crippen MR) is 96.3 cm³/mol. The smallest absolute Gasteiger partial charge is 0.251 e. The molecule has 0 radical (unpaired) electrons. The molecule has 0 saturated heterocycles. The van der Waals surface area contributed by atoms with Crippen molar-refractivity contribution in [2.75, 3.05) is 25.1 Å². The Bertz CT molecular complexity index is 503. The van der Waals surface area contributed by atoms with Gasteiger partial charge in [0.1, 0.15) is 5.75 Å². The molecule has 0 fully saturated rings. The van der Waals surface area contributed by atoms with E-state index in [0.717, 1.165) is 5.75 Å². The number of rotatable bonds is 9. The number of halogens is 1. The summed E-state index contributed by atoms with van der Waals surface area (Å²) in [6.45, 7) is 0.904. The lowest BCUT2D eigenvalue weighted by Crippen LogP contribution is -2.41. The lowest BCUT2D eigenvalue weighted by molar-refractivity contribution is -0.122. The average Bonchev–Trinajstić information content (AvgIpc) is 2.51. The number of amides is 2. The number of hydrogen-bond donors (Lipinski definition) is 4. The van der Waals surface area contributed by atoms with E-state index in [1.54, 1.807) is 23.9 Å². The van der Waals surface area contributed by atoms with Crippen LogP contribution in [-0.4, -0.2) is 48.1 Å². The Morgan fingerprint density at radius 3 is 2.65 bits per heavy atom. The second-order valence-electron chi connectivity index (χ2n) is 4.84. The van der Waals surface area contributed by atoms with Crippen LogP contribution in [-0.2, 0) is 4.79 Å². The summed E-state index contributed by atoms with van der Waals surface area (Å²) in [7, 11) is 0. The van der Waals surface area contributed by atoms with Gasteiger partial charge in [-0.15, -0.1) is 12.4 Å². The van der Waals surface area contributed by atoms with Gasteiger partial charge in [0.15, 0.2) is 0 Å². The molecule has 1 aromatic carbocycles. The van der Waals surface area contributed by atoms with Gasteiger partial charge < -0.3 is 21.5 Å². The van der Waals surface area contributed by atoms with Crippen LogP contribution in [0, 0.1) is 0 Å². The molecule has 1 atom stereocenters. The van der Waals surface area contributed by atoms with Crippen molar-refractivity contribution in [1.29, 1.82) is 0 Å². The highest BCUT2D eigenvalue weighted by molar-refractivity contribution is 7.98. The first-order valence-electron chi connectivity index (χ1n) is 7.14. The lowest BCUT2D eigenvalue weighted by Gasteiger charge is -2.11. The molecule has 1 unspecified atom stereocenters. The normalized spacial score (nSPS) is 11.2. The molecule has 2 amide bonds. The van der Waals surface area contributed by atoms with Crippen molar-refractivity contribution in [1.82, 2.24) is 10.6 Å². The number of carbonyl (C=O) groups is 2. The van der Waals surface area contributed by atoms with Gasteiger partial charge in [0.2, 0.25) is 5.91 Å². The summed E-state index contributed by atoms with van der Waals surface area (Å²) in [5.41, 5.74) is 6.14. The van der Waals surface area contributed by atoms with Crippen LogP contribution in [0.4, 0.5) is 0 Å². The molecule has 0 aliphatic rings. The number of thioether (sulfide) groups is 1. The van der Waals surface area contributed by atoms with Gasteiger partial charge in [0.25, 0.3) is 5.91 Å². The monoisotopic (exact) mass is 361 g/mol. The number of nitrogens with two attached hydrogens (primary N) is 1. The second kappa shape index (κ2) is 12.0. The largest absolute Gasteiger partial charge is 0.508 e. The van der Waals surface area contributed by atoms with Gasteiger partial charge in [0, 0.05) is 18.7 Å². The molecule has 6 nitrogen and oxygen atoms in total. The minimum absolute atomic E-state index is 0. The minimum atomic E-state index is -0.477. The maximum Gasteiger partial charge on any atom is 0.251 e. The first-order valence-corrected chi connectivity index (χ1v) is 8.53. The molecule has 0 heterocycles. The summed E-state index contributed by atoms with van der Waals surface area (Å²) in [4.78, 5) is 23.4. The van der Waals surface area contributed by atoms with Crippen molar-refractivity contribution >= 4 is 36.0 Å². The minimum Gasteiger partial charge on any atom is -0.508 e. The molecular weight excluding hydrogens is 338 g/mol. The maximum atomic E-state index is 11.8. The highest BCUT2D eigenvalue weighted by Crippen LogP contribution is 2.10. The first kappa shape index (κ1) is 21.6. The van der Waals surface area contributed by atoms with Crippen molar-refractivity contribution in [2.24, 2.45) is 5.73 Å². The van der Waals surface area contributed by atoms with Crippen LogP contribution in [0.25, 0.3) is 0 Å². The number of phenols is 1. The fraction of sp³-hybridized carbons (Fsp3) is 0.467. The molecular formula is C15H24ClN3O3S. The van der Waals surface area contributed by atoms with Crippen molar-refractivity contribution in [2.45, 2.75) is 18.9 Å². The molecule has 0 spiro atoms. The van der Waals surface area contributed by atoms with E-state index in [2.05, 4.69) is 10.6 Å². The number of hydrogen-bond acceptors (Lipinski definition) is 5. The highest BCUT2D eigenvalue weighted by Gasteiger charge is 2.11. The topological polar surface area (TPSA) is 104 Å². The summed E-state index contributed by atoms with van der Waals surface area (Å²) >= 11 is 1.66. The van der Waals surface area contributed by atoms with Crippen LogP contribution < -0.4 is 16.4 Å². The van der Waals surface area contributed by atoms with E-state index in [9.17, 15) is 14.7 Å². The Morgan fingerprint density at radius 1 is 1.30 bits per heavy atom. The Hall–Kier alpha value is -1.44. The van der Waals surface area contributed by atoms with Crippen molar-refractivity contribution in [3.63, 3.8) is 0 Å². The van der Waals surface area contributed by atoms with Crippen LogP contribution in [0.5, 0.6) is 5.75 Å². The first-order chi connectivity index (χ1) is 10.5. The second-order valence-corrected chi connectivity index (χ2v) is 5.82. The number of benzene rings is 1. The fourth-order valence-electron chi connectivity index (χ4n) is 1.76. The zero-order valence-electron chi connectivity index (χ0n) is 13.1. The zero-order chi connectivity index (χ0) is 16.4. The Balaban J connectivity index is 0.00000484. The predicted octanol–water partition coefficient (Wildman–Crippen LogP) is 1.13. The van der Waals surface area contributed by atoms with Crippen LogP contribution in [0.15, 0.2) is 24.3 Å². The summed E-state index contributed by atoms with van der Waals surface area (Å²) in [6.07, 6.45) is 3.24. The van der Waals surface area contributed by atoms with Crippen LogP contribution in [0.1, 0.15) is 23.2 Å². The number of nitrogens with one attached hydrogen (secondary N) is 2. The highest BCUT2D eigenvalue weighted by atomic mass is 35.5. The van der Waals surface area contributed by atoms with Gasteiger partial charge in [-0.25, -0.2) is 0 Å². The lowest BCUT2D eigenvalue weighted by atomic mass is 10.2.